The minimum Gasteiger partial charge on any atom is -0.370 e. The van der Waals surface area contributed by atoms with Crippen molar-refractivity contribution in [2.24, 2.45) is 0 Å². The normalized spacial score (nSPS) is 19.9. The first-order valence-corrected chi connectivity index (χ1v) is 55.7. The van der Waals surface area contributed by atoms with Crippen molar-refractivity contribution in [1.29, 1.82) is 0 Å². The Hall–Kier alpha value is -9.26. The van der Waals surface area contributed by atoms with Crippen LogP contribution in [0.4, 0.5) is 51.0 Å². The molecule has 0 amide bonds. The van der Waals surface area contributed by atoms with E-state index >= 15 is 0 Å². The van der Waals surface area contributed by atoms with Gasteiger partial charge in [0.2, 0.25) is 0 Å². The van der Waals surface area contributed by atoms with Crippen molar-refractivity contribution >= 4 is 62.4 Å². The highest BCUT2D eigenvalue weighted by molar-refractivity contribution is 7.16. The van der Waals surface area contributed by atoms with Gasteiger partial charge in [-0.15, -0.1) is 11.3 Å². The predicted molar refractivity (Wildman–Crippen MR) is 609 cm³/mol. The van der Waals surface area contributed by atoms with E-state index < -0.39 is 0 Å². The van der Waals surface area contributed by atoms with Gasteiger partial charge >= 0.3 is 0 Å². The molecule has 1 N–H and O–H groups in total. The van der Waals surface area contributed by atoms with Crippen molar-refractivity contribution in [3.8, 4) is 0 Å². The second-order valence-corrected chi connectivity index (χ2v) is 43.0. The van der Waals surface area contributed by atoms with Gasteiger partial charge in [-0.3, -0.25) is 39.5 Å². The lowest BCUT2D eigenvalue weighted by atomic mass is 10.2. The van der Waals surface area contributed by atoms with E-state index in [1.54, 1.807) is 0 Å². The molecule has 9 saturated heterocycles. The standard InChI is InChI=1S/C15H22N2.C15H24N2.C14H22N2.C13H22N4.C13H22N2S.C13H20N2.C12H20N4.C11H18N4.C10H16N4/c1-13-3-5-14(6-4-13)16-9-2-10-17(12-11-16)15-7-8-15;1-13(2)16-9-4-10-17(12-11-16)15-7-5-14(3)6-8-15;1-3-15-9-4-10-16(12-11-15)14-7-5-13(2)6-8-14;1-4-16(5-2)12-6-7-17(10-12)13-9-14-11(3)8-15-13;1-11(2)14-7-4-8-15(10-9-14)13-6-5-12(3)16-13;1-12-4-6-13(7-5-12)15-9-3-8-14(2)10-11-15;1-3-15-5-4-6-16(8-7-15)12-10-13-11(2)9-14-12;1-9-6-13-11(7-12-9)15-5-4-10(8-15)14(2)3;1-8-5-13-10(6-12-8)14-4-3-9(7-14)11-2/h3-6,15H,2,7-12H2,1H3;5-8,13H,4,9-12H2,1-3H3;5-8H,3-4,9-12H2,1-2H3;8-9,12H,4-7,10H2,1-3H3;5-6,11H,4,7-10H2,1-3H3;4-7H,3,8-11H2,1-2H3;9-10H,3-8H2,1-2H3;6-7,10H,4-5,8H2,1-3H3;5-6,9,11H,3-4,7H2,1-2H3. The molecule has 10 aliphatic rings. The van der Waals surface area contributed by atoms with E-state index in [1.807, 2.05) is 95.7 Å². The summed E-state index contributed by atoms with van der Waals surface area (Å²) in [6, 6.07) is 44.4. The Labute approximate surface area is 869 Å². The van der Waals surface area contributed by atoms with E-state index in [0.717, 1.165) is 150 Å². The molecular formula is C116H186N26S. The number of benzene rings is 4. The number of anilines is 9. The number of nitrogens with one attached hydrogen (secondary N) is 1. The van der Waals surface area contributed by atoms with Crippen LogP contribution in [0.15, 0.2) is 159 Å². The van der Waals surface area contributed by atoms with Crippen LogP contribution < -0.4 is 49.4 Å². The van der Waals surface area contributed by atoms with E-state index in [0.29, 0.717) is 30.2 Å². The molecule has 26 nitrogen and oxygen atoms in total. The Balaban J connectivity index is 0.000000154. The summed E-state index contributed by atoms with van der Waals surface area (Å²) >= 11 is 1.92. The highest BCUT2D eigenvalue weighted by atomic mass is 32.1. The summed E-state index contributed by atoms with van der Waals surface area (Å²) in [6.45, 7) is 76.4. The van der Waals surface area contributed by atoms with E-state index in [1.165, 1.54) is 250 Å². The van der Waals surface area contributed by atoms with Gasteiger partial charge in [0.15, 0.2) is 0 Å². The molecule has 4 aromatic carbocycles. The average molecular weight is 1980 g/mol. The molecule has 19 rings (SSSR count). The number of hydrogen-bond acceptors (Lipinski definition) is 27. The van der Waals surface area contributed by atoms with Gasteiger partial charge in [0, 0.05) is 241 Å². The Morgan fingerprint density at radius 3 is 1.04 bits per heavy atom. The van der Waals surface area contributed by atoms with Gasteiger partial charge in [0.25, 0.3) is 0 Å². The third-order valence-corrected chi connectivity index (χ3v) is 30.9. The molecule has 10 fully saturated rings. The molecule has 0 radical (unpaired) electrons. The average Bonchev–Trinajstić information content (AvgIpc) is 1.91. The quantitative estimate of drug-likeness (QED) is 0.0810. The molecule has 14 heterocycles. The molecular weight excluding hydrogens is 1790 g/mol. The number of thiophene rings is 1. The molecule has 9 aliphatic heterocycles. The van der Waals surface area contributed by atoms with Gasteiger partial charge in [-0.2, -0.15) is 0 Å². The van der Waals surface area contributed by atoms with Crippen LogP contribution in [0.5, 0.6) is 0 Å². The van der Waals surface area contributed by atoms with Crippen molar-refractivity contribution in [2.45, 2.75) is 225 Å². The topological polar surface area (TPSA) is 170 Å². The number of rotatable bonds is 19. The number of hydrogen-bond donors (Lipinski definition) is 1. The summed E-state index contributed by atoms with van der Waals surface area (Å²) in [5.74, 6) is 4.03. The number of aryl methyl sites for hydroxylation is 9. The highest BCUT2D eigenvalue weighted by Gasteiger charge is 2.32. The zero-order chi connectivity index (χ0) is 102. The predicted octanol–water partition coefficient (Wildman–Crippen LogP) is 17.8. The van der Waals surface area contributed by atoms with Gasteiger partial charge in [0.1, 0.15) is 23.3 Å². The molecule has 786 valence electrons. The van der Waals surface area contributed by atoms with Crippen molar-refractivity contribution < 1.29 is 0 Å². The zero-order valence-electron chi connectivity index (χ0n) is 92.4. The van der Waals surface area contributed by atoms with Crippen molar-refractivity contribution in [3.05, 3.63) is 209 Å². The van der Waals surface area contributed by atoms with Gasteiger partial charge in [-0.05, 0) is 295 Å². The van der Waals surface area contributed by atoms with Crippen LogP contribution in [0.2, 0.25) is 0 Å². The maximum Gasteiger partial charge on any atom is 0.147 e. The lowest BCUT2D eigenvalue weighted by Crippen LogP contribution is -2.37. The third-order valence-electron chi connectivity index (χ3n) is 29.9. The van der Waals surface area contributed by atoms with Gasteiger partial charge in [-0.1, -0.05) is 98.5 Å². The molecule has 5 aromatic heterocycles. The highest BCUT2D eigenvalue weighted by Crippen LogP contribution is 2.32. The summed E-state index contributed by atoms with van der Waals surface area (Å²) in [6.07, 6.45) is 29.0. The number of aromatic nitrogens is 8. The molecule has 143 heavy (non-hydrogen) atoms. The lowest BCUT2D eigenvalue weighted by molar-refractivity contribution is 0.232. The first-order chi connectivity index (χ1) is 69.2. The van der Waals surface area contributed by atoms with E-state index in [2.05, 4.69) is 349 Å². The maximum atomic E-state index is 4.45. The minimum atomic E-state index is 0.595. The molecule has 27 heteroatoms. The van der Waals surface area contributed by atoms with E-state index in [9.17, 15) is 0 Å². The molecule has 1 aliphatic carbocycles. The summed E-state index contributed by atoms with van der Waals surface area (Å²) in [7, 11) is 8.48. The Kier molecular flexibility index (Phi) is 48.5. The summed E-state index contributed by atoms with van der Waals surface area (Å²) < 4.78 is 0. The molecule has 3 unspecified atom stereocenters. The molecule has 1 saturated carbocycles. The zero-order valence-corrected chi connectivity index (χ0v) is 93.2. The van der Waals surface area contributed by atoms with Crippen LogP contribution in [0, 0.1) is 62.3 Å². The minimum absolute atomic E-state index is 0.595. The maximum absolute atomic E-state index is 4.45. The van der Waals surface area contributed by atoms with Crippen molar-refractivity contribution in [3.63, 3.8) is 0 Å². The Morgan fingerprint density at radius 1 is 0.322 bits per heavy atom. The van der Waals surface area contributed by atoms with E-state index in [4.69, 9.17) is 0 Å². The van der Waals surface area contributed by atoms with Crippen LogP contribution >= 0.6 is 11.3 Å². The SMILES string of the molecule is CCN(CC)C1CCN(c2cnc(C)cn2)C1.CCN1CCCN(c2ccc(C)cc2)CC1.CCN1CCCN(c2cnc(C)cn2)CC1.CNC1CCN(c2cnc(C)cn2)C1.Cc1ccc(N2CCCN(C(C)C)CC2)cc1.Cc1ccc(N2CCCN(C(C)C)CC2)s1.Cc1ccc(N2CCCN(C)CC2)cc1.Cc1ccc(N2CCCN(C3CC3)CC2)cc1.Cc1cnc(N2CCC(N(C)C)C2)cn1. The molecule has 9 aromatic rings. The summed E-state index contributed by atoms with van der Waals surface area (Å²) in [5, 5.41) is 4.73. The largest absolute Gasteiger partial charge is 0.370 e. The first kappa shape index (κ1) is 114. The molecule has 0 bridgehead atoms. The van der Waals surface area contributed by atoms with Crippen LogP contribution in [0.25, 0.3) is 0 Å². The van der Waals surface area contributed by atoms with Crippen molar-refractivity contribution in [1.82, 2.24) is 84.4 Å². The molecule has 0 spiro atoms. The Bertz CT molecular complexity index is 4770. The number of nitrogens with zero attached hydrogens (tertiary/aromatic N) is 25. The fourth-order valence-electron chi connectivity index (χ4n) is 20.1. The van der Waals surface area contributed by atoms with Crippen LogP contribution in [-0.2, 0) is 0 Å². The number of likely N-dealkylation sites (N-methyl/N-ethyl adjacent to an activating group) is 6. The van der Waals surface area contributed by atoms with E-state index in [-0.39, 0.29) is 0 Å². The fraction of sp³-hybridized carbons (Fsp3) is 0.621. The van der Waals surface area contributed by atoms with Crippen LogP contribution in [0.3, 0.4) is 0 Å². The summed E-state index contributed by atoms with van der Waals surface area (Å²) in [5.41, 5.74) is 14.8. The van der Waals surface area contributed by atoms with Gasteiger partial charge in [0.05, 0.1) is 77.4 Å². The second-order valence-electron chi connectivity index (χ2n) is 41.7. The monoisotopic (exact) mass is 1980 g/mol. The van der Waals surface area contributed by atoms with Gasteiger partial charge in [-0.25, -0.2) is 19.9 Å². The first-order valence-electron chi connectivity index (χ1n) is 54.9. The summed E-state index contributed by atoms with van der Waals surface area (Å²) in [4.78, 5) is 78.2. The second kappa shape index (κ2) is 60.7. The van der Waals surface area contributed by atoms with Crippen LogP contribution in [-0.4, -0.2) is 366 Å². The fourth-order valence-corrected chi connectivity index (χ4v) is 21.0. The Morgan fingerprint density at radius 2 is 0.671 bits per heavy atom. The van der Waals surface area contributed by atoms with Gasteiger partial charge < -0.3 is 69.0 Å². The van der Waals surface area contributed by atoms with Crippen LogP contribution in [0.1, 0.15) is 176 Å². The third kappa shape index (κ3) is 38.8. The lowest BCUT2D eigenvalue weighted by Gasteiger charge is -2.26. The molecule has 3 atom stereocenters. The van der Waals surface area contributed by atoms with Crippen molar-refractivity contribution in [2.75, 3.05) is 295 Å². The smallest absolute Gasteiger partial charge is 0.147 e.